The van der Waals surface area contributed by atoms with Gasteiger partial charge in [-0.3, -0.25) is 14.4 Å². The van der Waals surface area contributed by atoms with Crippen molar-refractivity contribution in [1.82, 2.24) is 9.80 Å². The summed E-state index contributed by atoms with van der Waals surface area (Å²) in [6, 6.07) is 15.3. The van der Waals surface area contributed by atoms with Crippen LogP contribution in [0.4, 0.5) is 5.69 Å². The molecule has 2 aromatic rings. The first-order chi connectivity index (χ1) is 15.4. The van der Waals surface area contributed by atoms with Crippen molar-refractivity contribution in [1.29, 1.82) is 0 Å². The summed E-state index contributed by atoms with van der Waals surface area (Å²) in [6.07, 6.45) is -0.598. The molecule has 0 bridgehead atoms. The fraction of sp³-hybridized carbons (Fsp3) is 0.348. The third-order valence-electron chi connectivity index (χ3n) is 5.08. The standard InChI is InChI=1S/C23H27N3O6/c1-25(2)21(29)12-26-19(13-27)23(32-15-22(26)30)16-8-10-17(11-9-16)24-20(28)14-31-18-6-4-3-5-7-18/h3-11,19,23,27H,12-15H2,1-2H3,(H,24,28). The topological polar surface area (TPSA) is 108 Å². The zero-order chi connectivity index (χ0) is 23.1. The van der Waals surface area contributed by atoms with Crippen LogP contribution in [0.25, 0.3) is 0 Å². The van der Waals surface area contributed by atoms with Gasteiger partial charge in [0.25, 0.3) is 5.91 Å². The molecule has 9 nitrogen and oxygen atoms in total. The van der Waals surface area contributed by atoms with Crippen LogP contribution in [0.1, 0.15) is 11.7 Å². The fourth-order valence-corrected chi connectivity index (χ4v) is 3.33. The molecule has 0 aromatic heterocycles. The Hall–Kier alpha value is -3.43. The first kappa shape index (κ1) is 23.2. The zero-order valence-corrected chi connectivity index (χ0v) is 18.1. The highest BCUT2D eigenvalue weighted by molar-refractivity contribution is 5.91. The van der Waals surface area contributed by atoms with Gasteiger partial charge in [0.2, 0.25) is 11.8 Å². The lowest BCUT2D eigenvalue weighted by molar-refractivity contribution is -0.164. The molecule has 3 rings (SSSR count). The molecular weight excluding hydrogens is 414 g/mol. The van der Waals surface area contributed by atoms with Crippen LogP contribution in [-0.4, -0.2) is 79.1 Å². The van der Waals surface area contributed by atoms with Crippen LogP contribution in [0.5, 0.6) is 5.75 Å². The summed E-state index contributed by atoms with van der Waals surface area (Å²) in [4.78, 5) is 39.3. The SMILES string of the molecule is CN(C)C(=O)CN1C(=O)COC(c2ccc(NC(=O)COc3ccccc3)cc2)C1CO. The number of nitrogens with one attached hydrogen (secondary N) is 1. The van der Waals surface area contributed by atoms with E-state index in [1.54, 1.807) is 50.5 Å². The Morgan fingerprint density at radius 1 is 1.16 bits per heavy atom. The van der Waals surface area contributed by atoms with E-state index in [9.17, 15) is 19.5 Å². The molecule has 2 N–H and O–H groups in total. The van der Waals surface area contributed by atoms with Crippen LogP contribution in [0.15, 0.2) is 54.6 Å². The molecule has 1 saturated heterocycles. The molecule has 2 aromatic carbocycles. The van der Waals surface area contributed by atoms with Crippen LogP contribution in [0, 0.1) is 0 Å². The number of aliphatic hydroxyl groups is 1. The van der Waals surface area contributed by atoms with E-state index in [4.69, 9.17) is 9.47 Å². The molecule has 1 fully saturated rings. The number of likely N-dealkylation sites (N-methyl/N-ethyl adjacent to an activating group) is 1. The van der Waals surface area contributed by atoms with E-state index in [-0.39, 0.29) is 44.1 Å². The average molecular weight is 441 g/mol. The van der Waals surface area contributed by atoms with Crippen molar-refractivity contribution in [2.24, 2.45) is 0 Å². The molecule has 170 valence electrons. The smallest absolute Gasteiger partial charge is 0.262 e. The molecule has 2 atom stereocenters. The molecule has 2 unspecified atom stereocenters. The summed E-state index contributed by atoms with van der Waals surface area (Å²) in [7, 11) is 3.22. The molecule has 3 amide bonds. The number of anilines is 1. The van der Waals surface area contributed by atoms with Gasteiger partial charge in [-0.05, 0) is 29.8 Å². The van der Waals surface area contributed by atoms with Crippen molar-refractivity contribution in [3.05, 3.63) is 60.2 Å². The van der Waals surface area contributed by atoms with Gasteiger partial charge >= 0.3 is 0 Å². The monoisotopic (exact) mass is 441 g/mol. The summed E-state index contributed by atoms with van der Waals surface area (Å²) in [5.41, 5.74) is 1.29. The summed E-state index contributed by atoms with van der Waals surface area (Å²) in [5.74, 6) is -0.289. The number of nitrogens with zero attached hydrogens (tertiary/aromatic N) is 2. The maximum atomic E-state index is 12.3. The molecule has 0 radical (unpaired) electrons. The highest BCUT2D eigenvalue weighted by atomic mass is 16.5. The van der Waals surface area contributed by atoms with Crippen LogP contribution >= 0.6 is 0 Å². The molecule has 1 heterocycles. The van der Waals surface area contributed by atoms with Crippen LogP contribution in [0.3, 0.4) is 0 Å². The molecule has 0 saturated carbocycles. The quantitative estimate of drug-likeness (QED) is 0.634. The van der Waals surface area contributed by atoms with Gasteiger partial charge in [0.1, 0.15) is 25.0 Å². The first-order valence-electron chi connectivity index (χ1n) is 10.2. The maximum Gasteiger partial charge on any atom is 0.262 e. The molecule has 1 aliphatic rings. The van der Waals surface area contributed by atoms with Gasteiger partial charge in [0.15, 0.2) is 6.61 Å². The number of carbonyl (C=O) groups excluding carboxylic acids is 3. The summed E-state index contributed by atoms with van der Waals surface area (Å²) >= 11 is 0. The number of hydrogen-bond acceptors (Lipinski definition) is 6. The van der Waals surface area contributed by atoms with Gasteiger partial charge in [-0.1, -0.05) is 30.3 Å². The van der Waals surface area contributed by atoms with E-state index in [2.05, 4.69) is 5.32 Å². The van der Waals surface area contributed by atoms with Crippen LogP contribution in [-0.2, 0) is 19.1 Å². The number of carbonyl (C=O) groups is 3. The van der Waals surface area contributed by atoms with E-state index in [1.807, 2.05) is 18.2 Å². The molecular formula is C23H27N3O6. The minimum absolute atomic E-state index is 0.124. The lowest BCUT2D eigenvalue weighted by Crippen LogP contribution is -2.55. The summed E-state index contributed by atoms with van der Waals surface area (Å²) in [5, 5.41) is 12.7. The Kier molecular flexibility index (Phi) is 7.80. The number of rotatable bonds is 8. The number of morpholine rings is 1. The second-order valence-electron chi connectivity index (χ2n) is 7.56. The minimum Gasteiger partial charge on any atom is -0.484 e. The Morgan fingerprint density at radius 3 is 2.47 bits per heavy atom. The van der Waals surface area contributed by atoms with Gasteiger partial charge in [0.05, 0.1) is 12.6 Å². The molecule has 0 spiro atoms. The van der Waals surface area contributed by atoms with Crippen molar-refractivity contribution >= 4 is 23.4 Å². The fourth-order valence-electron chi connectivity index (χ4n) is 3.33. The molecule has 1 aliphatic heterocycles. The Balaban J connectivity index is 1.63. The van der Waals surface area contributed by atoms with Crippen molar-refractivity contribution in [2.45, 2.75) is 12.1 Å². The van der Waals surface area contributed by atoms with Crippen LogP contribution < -0.4 is 10.1 Å². The molecule has 0 aliphatic carbocycles. The van der Waals surface area contributed by atoms with Crippen molar-refractivity contribution in [2.75, 3.05) is 45.8 Å². The Bertz CT molecular complexity index is 933. The second kappa shape index (κ2) is 10.7. The number of hydrogen-bond donors (Lipinski definition) is 2. The molecule has 9 heteroatoms. The largest absolute Gasteiger partial charge is 0.484 e. The predicted molar refractivity (Wildman–Crippen MR) is 117 cm³/mol. The Morgan fingerprint density at radius 2 is 1.84 bits per heavy atom. The van der Waals surface area contributed by atoms with Crippen molar-refractivity contribution in [3.8, 4) is 5.75 Å². The van der Waals surface area contributed by atoms with Crippen molar-refractivity contribution in [3.63, 3.8) is 0 Å². The minimum atomic E-state index is -0.695. The lowest BCUT2D eigenvalue weighted by atomic mass is 9.99. The predicted octanol–water partition coefficient (Wildman–Crippen LogP) is 1.05. The maximum absolute atomic E-state index is 12.3. The number of amides is 3. The van der Waals surface area contributed by atoms with E-state index >= 15 is 0 Å². The second-order valence-corrected chi connectivity index (χ2v) is 7.56. The van der Waals surface area contributed by atoms with Gasteiger partial charge in [-0.2, -0.15) is 0 Å². The zero-order valence-electron chi connectivity index (χ0n) is 18.1. The number of benzene rings is 2. The van der Waals surface area contributed by atoms with Gasteiger partial charge in [-0.15, -0.1) is 0 Å². The van der Waals surface area contributed by atoms with Crippen LogP contribution in [0.2, 0.25) is 0 Å². The van der Waals surface area contributed by atoms with E-state index in [1.165, 1.54) is 9.80 Å². The molecule has 32 heavy (non-hydrogen) atoms. The van der Waals surface area contributed by atoms with E-state index in [0.29, 0.717) is 11.4 Å². The van der Waals surface area contributed by atoms with E-state index < -0.39 is 12.1 Å². The first-order valence-corrected chi connectivity index (χ1v) is 10.2. The Labute approximate surface area is 186 Å². The summed E-state index contributed by atoms with van der Waals surface area (Å²) in [6.45, 7) is -0.794. The lowest BCUT2D eigenvalue weighted by Gasteiger charge is -2.40. The van der Waals surface area contributed by atoms with Gasteiger partial charge in [0, 0.05) is 19.8 Å². The average Bonchev–Trinajstić information content (AvgIpc) is 2.80. The number of aliphatic hydroxyl groups excluding tert-OH is 1. The third kappa shape index (κ3) is 5.83. The van der Waals surface area contributed by atoms with E-state index in [0.717, 1.165) is 5.56 Å². The number of para-hydroxylation sites is 1. The van der Waals surface area contributed by atoms with Gasteiger partial charge in [-0.25, -0.2) is 0 Å². The van der Waals surface area contributed by atoms with Crippen molar-refractivity contribution < 1.29 is 29.0 Å². The van der Waals surface area contributed by atoms with Gasteiger partial charge < -0.3 is 29.7 Å². The highest BCUT2D eigenvalue weighted by Crippen LogP contribution is 2.30. The highest BCUT2D eigenvalue weighted by Gasteiger charge is 2.38. The number of ether oxygens (including phenoxy) is 2. The normalized spacial score (nSPS) is 18.2. The third-order valence-corrected chi connectivity index (χ3v) is 5.08. The summed E-state index contributed by atoms with van der Waals surface area (Å²) < 4.78 is 11.1.